The number of pyridine rings is 1. The van der Waals surface area contributed by atoms with E-state index >= 15 is 0 Å². The maximum Gasteiger partial charge on any atom is 0.261 e. The molecule has 0 saturated heterocycles. The van der Waals surface area contributed by atoms with E-state index < -0.39 is 5.92 Å². The molecule has 0 aliphatic carbocycles. The summed E-state index contributed by atoms with van der Waals surface area (Å²) >= 11 is 0. The van der Waals surface area contributed by atoms with Crippen LogP contribution in [0.2, 0.25) is 0 Å². The number of carbonyl (C=O) groups excluding carboxylic acids is 1. The molecule has 0 saturated carbocycles. The Labute approximate surface area is 122 Å². The van der Waals surface area contributed by atoms with Crippen LogP contribution in [0.3, 0.4) is 0 Å². The second-order valence-corrected chi connectivity index (χ2v) is 4.69. The third-order valence-electron chi connectivity index (χ3n) is 3.20. The summed E-state index contributed by atoms with van der Waals surface area (Å²) in [6.45, 7) is 1.83. The predicted molar refractivity (Wildman–Crippen MR) is 82.9 cm³/mol. The third kappa shape index (κ3) is 2.72. The van der Waals surface area contributed by atoms with Crippen molar-refractivity contribution in [1.82, 2.24) is 4.98 Å². The second kappa shape index (κ2) is 5.66. The number of para-hydroxylation sites is 1. The molecule has 0 bridgehead atoms. The van der Waals surface area contributed by atoms with E-state index in [1.54, 1.807) is 24.7 Å². The Morgan fingerprint density at radius 1 is 1.19 bits per heavy atom. The lowest BCUT2D eigenvalue weighted by molar-refractivity contribution is -0.118. The van der Waals surface area contributed by atoms with Crippen LogP contribution in [0.5, 0.6) is 0 Å². The van der Waals surface area contributed by atoms with Gasteiger partial charge in [0.2, 0.25) is 0 Å². The van der Waals surface area contributed by atoms with Gasteiger partial charge < -0.3 is 0 Å². The Kier molecular flexibility index (Phi) is 3.55. The van der Waals surface area contributed by atoms with E-state index in [0.717, 1.165) is 17.1 Å². The smallest absolute Gasteiger partial charge is 0.261 e. The molecule has 0 fully saturated rings. The summed E-state index contributed by atoms with van der Waals surface area (Å²) in [6.07, 6.45) is 4.96. The number of benzene rings is 1. The first-order valence-corrected chi connectivity index (χ1v) is 6.64. The summed E-state index contributed by atoms with van der Waals surface area (Å²) in [7, 11) is 0. The van der Waals surface area contributed by atoms with Gasteiger partial charge in [-0.15, -0.1) is 0 Å². The lowest BCUT2D eigenvalue weighted by Crippen LogP contribution is -2.27. The molecule has 0 N–H and O–H groups in total. The van der Waals surface area contributed by atoms with Crippen LogP contribution in [-0.2, 0) is 4.79 Å². The highest BCUT2D eigenvalue weighted by Gasteiger charge is 2.32. The van der Waals surface area contributed by atoms with Gasteiger partial charge in [-0.25, -0.2) is 0 Å². The molecule has 2 heterocycles. The summed E-state index contributed by atoms with van der Waals surface area (Å²) in [4.78, 5) is 20.7. The van der Waals surface area contributed by atoms with Crippen molar-refractivity contribution in [2.24, 2.45) is 16.0 Å². The highest BCUT2D eigenvalue weighted by Crippen LogP contribution is 2.23. The molecule has 21 heavy (non-hydrogen) atoms. The first-order chi connectivity index (χ1) is 10.3. The molecule has 2 aromatic rings. The lowest BCUT2D eigenvalue weighted by atomic mass is 10.1. The minimum absolute atomic E-state index is 0.0914. The van der Waals surface area contributed by atoms with Crippen LogP contribution in [0.15, 0.2) is 65.0 Å². The van der Waals surface area contributed by atoms with Gasteiger partial charge in [-0.3, -0.25) is 14.8 Å². The van der Waals surface area contributed by atoms with Gasteiger partial charge in [-0.2, -0.15) is 10.1 Å². The highest BCUT2D eigenvalue weighted by molar-refractivity contribution is 6.23. The van der Waals surface area contributed by atoms with Crippen molar-refractivity contribution in [3.05, 3.63) is 54.9 Å². The van der Waals surface area contributed by atoms with Crippen molar-refractivity contribution in [3.63, 3.8) is 0 Å². The second-order valence-electron chi connectivity index (χ2n) is 4.69. The van der Waals surface area contributed by atoms with Gasteiger partial charge >= 0.3 is 0 Å². The average Bonchev–Trinajstić information content (AvgIpc) is 2.82. The standard InChI is InChI=1S/C16H14N4O/c1-12-15(11-18-13-6-5-9-17-10-13)16(21)20(19-12)14-7-3-2-4-8-14/h2-11,15H,1H3/t15-/m1/s1. The van der Waals surface area contributed by atoms with E-state index in [9.17, 15) is 4.79 Å². The van der Waals surface area contributed by atoms with Crippen molar-refractivity contribution in [1.29, 1.82) is 0 Å². The van der Waals surface area contributed by atoms with Crippen molar-refractivity contribution in [2.75, 3.05) is 5.01 Å². The van der Waals surface area contributed by atoms with Crippen LogP contribution in [0.4, 0.5) is 11.4 Å². The van der Waals surface area contributed by atoms with Gasteiger partial charge in [-0.1, -0.05) is 18.2 Å². The Balaban J connectivity index is 1.81. The fourth-order valence-electron chi connectivity index (χ4n) is 2.10. The van der Waals surface area contributed by atoms with Crippen LogP contribution in [0.25, 0.3) is 0 Å². The van der Waals surface area contributed by atoms with Gasteiger partial charge in [0.25, 0.3) is 5.91 Å². The topological polar surface area (TPSA) is 57.9 Å². The zero-order valence-electron chi connectivity index (χ0n) is 11.5. The Morgan fingerprint density at radius 2 is 2.00 bits per heavy atom. The van der Waals surface area contributed by atoms with Crippen molar-refractivity contribution in [2.45, 2.75) is 6.92 Å². The number of anilines is 1. The number of rotatable bonds is 3. The Hall–Kier alpha value is -2.82. The van der Waals surface area contributed by atoms with E-state index in [4.69, 9.17) is 0 Å². The molecule has 1 aliphatic heterocycles. The number of hydrazone groups is 1. The van der Waals surface area contributed by atoms with Gasteiger partial charge in [0, 0.05) is 12.4 Å². The summed E-state index contributed by atoms with van der Waals surface area (Å²) in [5, 5.41) is 5.75. The monoisotopic (exact) mass is 278 g/mol. The minimum atomic E-state index is -0.426. The number of aliphatic imine (C=N–C) groups is 1. The van der Waals surface area contributed by atoms with Gasteiger partial charge in [0.1, 0.15) is 5.92 Å². The summed E-state index contributed by atoms with van der Waals surface area (Å²) < 4.78 is 0. The molecule has 3 rings (SSSR count). The average molecular weight is 278 g/mol. The maximum absolute atomic E-state index is 12.4. The zero-order chi connectivity index (χ0) is 14.7. The Morgan fingerprint density at radius 3 is 2.71 bits per heavy atom. The molecule has 1 aliphatic rings. The van der Waals surface area contributed by atoms with Crippen molar-refractivity contribution in [3.8, 4) is 0 Å². The number of aromatic nitrogens is 1. The first-order valence-electron chi connectivity index (χ1n) is 6.64. The van der Waals surface area contributed by atoms with E-state index in [1.807, 2.05) is 43.3 Å². The fraction of sp³-hybridized carbons (Fsp3) is 0.125. The number of hydrogen-bond acceptors (Lipinski definition) is 4. The van der Waals surface area contributed by atoms with Crippen LogP contribution in [0, 0.1) is 5.92 Å². The number of nitrogens with zero attached hydrogens (tertiary/aromatic N) is 4. The molecule has 0 radical (unpaired) electrons. The molecule has 104 valence electrons. The lowest BCUT2D eigenvalue weighted by Gasteiger charge is -2.12. The van der Waals surface area contributed by atoms with Gasteiger partial charge in [0.15, 0.2) is 0 Å². The number of hydrogen-bond donors (Lipinski definition) is 0. The molecule has 1 aromatic carbocycles. The molecule has 1 atom stereocenters. The molecule has 1 aromatic heterocycles. The molecule has 0 spiro atoms. The first kappa shape index (κ1) is 13.2. The van der Waals surface area contributed by atoms with E-state index in [0.29, 0.717) is 0 Å². The molecular formula is C16H14N4O. The number of carbonyl (C=O) groups is 1. The van der Waals surface area contributed by atoms with Gasteiger partial charge in [-0.05, 0) is 31.2 Å². The van der Waals surface area contributed by atoms with Crippen LogP contribution >= 0.6 is 0 Å². The SMILES string of the molecule is CC1=NN(c2ccccc2)C(=O)[C@@H]1C=Nc1cccnc1. The molecule has 0 unspecified atom stereocenters. The van der Waals surface area contributed by atoms with Crippen molar-refractivity contribution >= 4 is 29.2 Å². The zero-order valence-corrected chi connectivity index (χ0v) is 11.5. The highest BCUT2D eigenvalue weighted by atomic mass is 16.2. The summed E-state index contributed by atoms with van der Waals surface area (Å²) in [5.41, 5.74) is 2.21. The van der Waals surface area contributed by atoms with E-state index in [-0.39, 0.29) is 5.91 Å². The van der Waals surface area contributed by atoms with Gasteiger partial charge in [0.05, 0.1) is 23.3 Å². The largest absolute Gasteiger partial charge is 0.271 e. The third-order valence-corrected chi connectivity index (χ3v) is 3.20. The maximum atomic E-state index is 12.4. The fourth-order valence-corrected chi connectivity index (χ4v) is 2.10. The van der Waals surface area contributed by atoms with Crippen LogP contribution in [-0.4, -0.2) is 22.8 Å². The molecule has 1 amide bonds. The van der Waals surface area contributed by atoms with Crippen LogP contribution < -0.4 is 5.01 Å². The van der Waals surface area contributed by atoms with Crippen LogP contribution in [0.1, 0.15) is 6.92 Å². The molecular weight excluding hydrogens is 264 g/mol. The predicted octanol–water partition coefficient (Wildman–Crippen LogP) is 2.82. The minimum Gasteiger partial charge on any atom is -0.271 e. The quantitative estimate of drug-likeness (QED) is 0.811. The Bertz CT molecular complexity index is 695. The summed E-state index contributed by atoms with van der Waals surface area (Å²) in [5.74, 6) is -0.517. The normalized spacial score (nSPS) is 18.3. The summed E-state index contributed by atoms with van der Waals surface area (Å²) in [6, 6.07) is 13.0. The molecule has 5 nitrogen and oxygen atoms in total. The number of amides is 1. The van der Waals surface area contributed by atoms with E-state index in [1.165, 1.54) is 5.01 Å². The van der Waals surface area contributed by atoms with Crippen molar-refractivity contribution < 1.29 is 4.79 Å². The van der Waals surface area contributed by atoms with E-state index in [2.05, 4.69) is 15.1 Å². The molecule has 5 heteroatoms.